The molecule has 0 atom stereocenters. The average Bonchev–Trinajstić information content (AvgIpc) is 3.16. The molecule has 0 saturated heterocycles. The maximum atomic E-state index is 12.5. The van der Waals surface area contributed by atoms with Crippen molar-refractivity contribution in [1.29, 1.82) is 0 Å². The Labute approximate surface area is 314 Å². The van der Waals surface area contributed by atoms with Crippen molar-refractivity contribution < 1.29 is 32.1 Å². The molecule has 0 bridgehead atoms. The zero-order valence-corrected chi connectivity index (χ0v) is 32.2. The van der Waals surface area contributed by atoms with Gasteiger partial charge in [0.05, 0.1) is 22.6 Å². The highest BCUT2D eigenvalue weighted by atomic mass is 32.2. The normalized spacial score (nSPS) is 11.3. The molecule has 3 aromatic carbocycles. The number of amides is 4. The van der Waals surface area contributed by atoms with E-state index in [1.54, 1.807) is 40.3 Å². The Hall–Kier alpha value is -4.68. The summed E-state index contributed by atoms with van der Waals surface area (Å²) >= 11 is 0. The van der Waals surface area contributed by atoms with Crippen molar-refractivity contribution in [2.75, 3.05) is 28.2 Å². The van der Waals surface area contributed by atoms with Crippen LogP contribution in [0.1, 0.15) is 117 Å². The first-order valence-electron chi connectivity index (χ1n) is 18.4. The monoisotopic (exact) mass is 746 g/mol. The first-order valence-corrected chi connectivity index (χ1v) is 19.8. The summed E-state index contributed by atoms with van der Waals surface area (Å²) in [5.41, 5.74) is 3.82. The molecule has 11 nitrogen and oxygen atoms in total. The van der Waals surface area contributed by atoms with Gasteiger partial charge in [-0.25, -0.2) is 8.42 Å². The van der Waals surface area contributed by atoms with Crippen LogP contribution in [-0.2, 0) is 29.3 Å². The zero-order chi connectivity index (χ0) is 38.8. The van der Waals surface area contributed by atoms with Crippen LogP contribution in [0.3, 0.4) is 0 Å². The Kier molecular flexibility index (Phi) is 17.5. The average molecular weight is 747 g/mol. The minimum Gasteiger partial charge on any atom is -0.739 e. The first kappa shape index (κ1) is 42.7. The van der Waals surface area contributed by atoms with E-state index >= 15 is 0 Å². The quantitative estimate of drug-likeness (QED) is 0.0602. The fourth-order valence-electron chi connectivity index (χ4n) is 6.70. The zero-order valence-electron chi connectivity index (χ0n) is 31.3. The van der Waals surface area contributed by atoms with E-state index in [4.69, 9.17) is 0 Å². The van der Waals surface area contributed by atoms with E-state index in [1.165, 1.54) is 12.1 Å². The highest BCUT2D eigenvalue weighted by Gasteiger charge is 2.28. The van der Waals surface area contributed by atoms with E-state index < -0.39 is 10.1 Å². The lowest BCUT2D eigenvalue weighted by Gasteiger charge is -2.21. The van der Waals surface area contributed by atoms with Crippen molar-refractivity contribution in [2.24, 2.45) is 0 Å². The van der Waals surface area contributed by atoms with Gasteiger partial charge in [-0.05, 0) is 147 Å². The highest BCUT2D eigenvalue weighted by Crippen LogP contribution is 2.38. The third kappa shape index (κ3) is 13.7. The smallest absolute Gasteiger partial charge is 0.219 e. The third-order valence-corrected chi connectivity index (χ3v) is 10.6. The number of carbonyl (C=O) groups is 4. The van der Waals surface area contributed by atoms with Crippen LogP contribution in [0.15, 0.2) is 77.7 Å². The molecule has 0 fully saturated rings. The van der Waals surface area contributed by atoms with Crippen LogP contribution in [0.25, 0.3) is 0 Å². The summed E-state index contributed by atoms with van der Waals surface area (Å²) in [5, 5.41) is 10.6. The van der Waals surface area contributed by atoms with Gasteiger partial charge in [-0.2, -0.15) is 0 Å². The van der Waals surface area contributed by atoms with Gasteiger partial charge in [0.1, 0.15) is 15.0 Å². The van der Waals surface area contributed by atoms with Gasteiger partial charge in [0.2, 0.25) is 23.6 Å². The lowest BCUT2D eigenvalue weighted by atomic mass is 9.81. The molecule has 53 heavy (non-hydrogen) atoms. The van der Waals surface area contributed by atoms with Crippen molar-refractivity contribution in [3.63, 3.8) is 0 Å². The molecule has 286 valence electrons. The molecule has 3 rings (SSSR count). The molecule has 4 N–H and O–H groups in total. The second-order valence-corrected chi connectivity index (χ2v) is 14.6. The summed E-state index contributed by atoms with van der Waals surface area (Å²) in [7, 11) is 1.64. The van der Waals surface area contributed by atoms with E-state index in [0.29, 0.717) is 62.8 Å². The predicted octanol–water partition coefficient (Wildman–Crippen LogP) is 5.44. The molecule has 3 aromatic rings. The Bertz CT molecular complexity index is 1610. The fraction of sp³-hybridized carbons (Fsp3) is 0.439. The number of carbonyl (C=O) groups excluding carboxylic acids is 4. The predicted molar refractivity (Wildman–Crippen MR) is 205 cm³/mol. The van der Waals surface area contributed by atoms with Gasteiger partial charge in [-0.1, -0.05) is 0 Å². The van der Waals surface area contributed by atoms with Crippen molar-refractivity contribution in [3.8, 4) is 0 Å². The van der Waals surface area contributed by atoms with Gasteiger partial charge in [0.25, 0.3) is 0 Å². The summed E-state index contributed by atoms with van der Waals surface area (Å²) < 4.78 is 37.5. The van der Waals surface area contributed by atoms with Gasteiger partial charge < -0.3 is 25.8 Å². The van der Waals surface area contributed by atoms with E-state index in [0.717, 1.165) is 47.9 Å². The molecular formula is C41H54N4O7S. The molecule has 0 spiro atoms. The largest absolute Gasteiger partial charge is 0.739 e. The summed E-state index contributed by atoms with van der Waals surface area (Å²) in [6.07, 6.45) is 7.35. The summed E-state index contributed by atoms with van der Waals surface area (Å²) in [4.78, 5) is 47.4. The van der Waals surface area contributed by atoms with Gasteiger partial charge in [-0.15, -0.1) is 0 Å². The molecule has 12 heteroatoms. The SMILES string of the molecule is CNC(=O)CCCC(CCCC(=O)NC)c1ccc([C+](c2ccc(C(CCCC(=O)NC)CCCC(=O)NC)cc2)c2ccccc2S(=O)(=O)[O-])cc1. The van der Waals surface area contributed by atoms with Gasteiger partial charge in [0, 0.05) is 53.9 Å². The molecule has 4 amide bonds. The van der Waals surface area contributed by atoms with Crippen LogP contribution in [0.2, 0.25) is 0 Å². The molecule has 0 radical (unpaired) electrons. The summed E-state index contributed by atoms with van der Waals surface area (Å²) in [5.74, 6) is 0.672. The number of rotatable bonds is 22. The Morgan fingerprint density at radius 2 is 0.868 bits per heavy atom. The fourth-order valence-corrected chi connectivity index (χ4v) is 7.39. The first-order chi connectivity index (χ1) is 25.4. The van der Waals surface area contributed by atoms with E-state index in [-0.39, 0.29) is 40.4 Å². The van der Waals surface area contributed by atoms with Crippen molar-refractivity contribution >= 4 is 33.7 Å². The van der Waals surface area contributed by atoms with Crippen LogP contribution in [0.4, 0.5) is 0 Å². The topological polar surface area (TPSA) is 174 Å². The number of hydrogen-bond acceptors (Lipinski definition) is 7. The van der Waals surface area contributed by atoms with E-state index in [2.05, 4.69) is 21.3 Å². The minimum atomic E-state index is -4.82. The molecular weight excluding hydrogens is 693 g/mol. The van der Waals surface area contributed by atoms with Crippen molar-refractivity contribution in [1.82, 2.24) is 21.3 Å². The van der Waals surface area contributed by atoms with Gasteiger partial charge in [0.15, 0.2) is 0 Å². The minimum absolute atomic E-state index is 0.0270. The molecule has 0 unspecified atom stereocenters. The lowest BCUT2D eigenvalue weighted by molar-refractivity contribution is -0.121. The highest BCUT2D eigenvalue weighted by molar-refractivity contribution is 7.85. The maximum Gasteiger partial charge on any atom is 0.219 e. The Balaban J connectivity index is 2.00. The van der Waals surface area contributed by atoms with Crippen LogP contribution in [-0.4, -0.2) is 64.8 Å². The Morgan fingerprint density at radius 3 is 1.17 bits per heavy atom. The molecule has 0 saturated carbocycles. The van der Waals surface area contributed by atoms with Crippen LogP contribution < -0.4 is 21.3 Å². The van der Waals surface area contributed by atoms with Crippen LogP contribution in [0.5, 0.6) is 0 Å². The van der Waals surface area contributed by atoms with E-state index in [9.17, 15) is 32.1 Å². The van der Waals surface area contributed by atoms with Gasteiger partial charge >= 0.3 is 0 Å². The number of benzene rings is 3. The van der Waals surface area contributed by atoms with Gasteiger partial charge in [-0.3, -0.25) is 19.2 Å². The summed E-state index contributed by atoms with van der Waals surface area (Å²) in [6, 6.07) is 21.9. The molecule has 0 aliphatic heterocycles. The van der Waals surface area contributed by atoms with Crippen molar-refractivity contribution in [2.45, 2.75) is 93.8 Å². The molecule has 0 aromatic heterocycles. The third-order valence-electron chi connectivity index (χ3n) is 9.71. The summed E-state index contributed by atoms with van der Waals surface area (Å²) in [6.45, 7) is 0. The van der Waals surface area contributed by atoms with Crippen LogP contribution in [0, 0.1) is 5.92 Å². The molecule has 0 aliphatic rings. The molecule has 0 heterocycles. The second kappa shape index (κ2) is 21.8. The molecule has 0 aliphatic carbocycles. The number of hydrogen-bond donors (Lipinski definition) is 4. The standard InChI is InChI=1S/C41H54N4O7S/c1-42-37(46)17-7-11-29(12-8-18-38(47)43-2)31-21-25-33(26-22-31)41(35-15-5-6-16-36(35)53(50,51)52)34-27-23-32(24-28-34)30(13-9-19-39(48)44-3)14-10-20-40(49)45-4/h5-6,15-16,21-30H,7-14,17-20H2,1-4H3,(H4-,42,43,44,45,46,47,48,49,50,51,52). The number of nitrogens with one attached hydrogen (secondary N) is 4. The second-order valence-electron chi connectivity index (χ2n) is 13.2. The van der Waals surface area contributed by atoms with Crippen molar-refractivity contribution in [3.05, 3.63) is 107 Å². The van der Waals surface area contributed by atoms with Crippen LogP contribution >= 0.6 is 0 Å². The maximum absolute atomic E-state index is 12.5. The lowest BCUT2D eigenvalue weighted by Crippen LogP contribution is -2.18. The Morgan fingerprint density at radius 1 is 0.547 bits per heavy atom. The van der Waals surface area contributed by atoms with E-state index in [1.807, 2.05) is 48.5 Å².